The molecule has 1 N–H and O–H groups in total. The highest BCUT2D eigenvalue weighted by Crippen LogP contribution is 2.33. The van der Waals surface area contributed by atoms with Crippen LogP contribution in [0.2, 0.25) is 0 Å². The van der Waals surface area contributed by atoms with Gasteiger partial charge >= 0.3 is 0 Å². The highest BCUT2D eigenvalue weighted by Gasteiger charge is 2.31. The zero-order valence-corrected chi connectivity index (χ0v) is 21.3. The van der Waals surface area contributed by atoms with Crippen molar-refractivity contribution in [1.29, 1.82) is 0 Å². The maximum atomic E-state index is 13.7. The Labute approximate surface area is 217 Å². The van der Waals surface area contributed by atoms with Crippen molar-refractivity contribution in [2.24, 2.45) is 0 Å². The van der Waals surface area contributed by atoms with Crippen molar-refractivity contribution in [2.45, 2.75) is 58.2 Å². The lowest BCUT2D eigenvalue weighted by molar-refractivity contribution is -0.141. The number of aryl methyl sites for hydroxylation is 1. The molecule has 3 aromatic carbocycles. The molecule has 0 saturated heterocycles. The smallest absolute Gasteiger partial charge is 0.243 e. The first kappa shape index (κ1) is 26.2. The van der Waals surface area contributed by atoms with Crippen LogP contribution in [-0.2, 0) is 29.0 Å². The third-order valence-corrected chi connectivity index (χ3v) is 6.60. The normalized spacial score (nSPS) is 13.6. The number of nitrogens with one attached hydrogen (secondary N) is 1. The molecule has 0 radical (unpaired) electrons. The van der Waals surface area contributed by atoms with Crippen molar-refractivity contribution in [3.63, 3.8) is 0 Å². The van der Waals surface area contributed by atoms with Gasteiger partial charge in [0.05, 0.1) is 0 Å². The van der Waals surface area contributed by atoms with Crippen molar-refractivity contribution in [3.8, 4) is 11.5 Å². The molecule has 0 unspecified atom stereocenters. The van der Waals surface area contributed by atoms with Gasteiger partial charge in [-0.15, -0.1) is 0 Å². The fourth-order valence-electron chi connectivity index (χ4n) is 4.27. The number of halogens is 1. The maximum Gasteiger partial charge on any atom is 0.243 e. The minimum absolute atomic E-state index is 0.0258. The van der Waals surface area contributed by atoms with E-state index in [2.05, 4.69) is 5.32 Å². The number of hydrogen-bond donors (Lipinski definition) is 1. The Morgan fingerprint density at radius 3 is 2.38 bits per heavy atom. The molecule has 7 heteroatoms. The first-order valence-corrected chi connectivity index (χ1v) is 12.7. The van der Waals surface area contributed by atoms with E-state index in [1.165, 1.54) is 12.1 Å². The van der Waals surface area contributed by atoms with Crippen LogP contribution in [0.5, 0.6) is 11.5 Å². The van der Waals surface area contributed by atoms with E-state index in [0.29, 0.717) is 24.3 Å². The van der Waals surface area contributed by atoms with Crippen LogP contribution in [0.3, 0.4) is 0 Å². The van der Waals surface area contributed by atoms with E-state index in [-0.39, 0.29) is 43.4 Å². The highest BCUT2D eigenvalue weighted by molar-refractivity contribution is 5.88. The van der Waals surface area contributed by atoms with Gasteiger partial charge in [0, 0.05) is 25.4 Å². The number of fused-ring (bicyclic) bond motifs is 1. The Kier molecular flexibility index (Phi) is 8.77. The Bertz CT molecular complexity index is 1200. The highest BCUT2D eigenvalue weighted by atomic mass is 19.1. The summed E-state index contributed by atoms with van der Waals surface area (Å²) in [5, 5.41) is 3.06. The summed E-state index contributed by atoms with van der Waals surface area (Å²) in [5.74, 6) is 0.666. The molecule has 194 valence electrons. The standard InChI is InChI=1S/C30H33FN2O4/c1-3-21(2)32-30(35)26(17-22-7-5-4-6-8-22)33(19-24-9-13-25(31)14-10-24)29(34)16-12-23-11-15-27-28(18-23)37-20-36-27/h4-11,13-15,18,21,26H,3,12,16-17,19-20H2,1-2H3,(H,32,35)/t21-,26+/m0/s1. The molecule has 1 aliphatic rings. The van der Waals surface area contributed by atoms with Gasteiger partial charge < -0.3 is 19.7 Å². The lowest BCUT2D eigenvalue weighted by atomic mass is 10.0. The molecule has 0 fully saturated rings. The first-order chi connectivity index (χ1) is 17.9. The largest absolute Gasteiger partial charge is 0.454 e. The minimum Gasteiger partial charge on any atom is -0.454 e. The summed E-state index contributed by atoms with van der Waals surface area (Å²) in [5.41, 5.74) is 2.66. The molecule has 0 aliphatic carbocycles. The van der Waals surface area contributed by atoms with Gasteiger partial charge in [-0.25, -0.2) is 4.39 Å². The fourth-order valence-corrected chi connectivity index (χ4v) is 4.27. The second-order valence-corrected chi connectivity index (χ2v) is 9.36. The Hall–Kier alpha value is -3.87. The molecule has 37 heavy (non-hydrogen) atoms. The number of hydrogen-bond acceptors (Lipinski definition) is 4. The summed E-state index contributed by atoms with van der Waals surface area (Å²) in [6, 6.07) is 20.6. The molecule has 2 amide bonds. The molecule has 4 rings (SSSR count). The number of benzene rings is 3. The van der Waals surface area contributed by atoms with Crippen molar-refractivity contribution in [1.82, 2.24) is 10.2 Å². The van der Waals surface area contributed by atoms with Crippen molar-refractivity contribution >= 4 is 11.8 Å². The molecule has 3 aromatic rings. The minimum atomic E-state index is -0.717. The van der Waals surface area contributed by atoms with E-state index in [1.807, 2.05) is 62.4 Å². The monoisotopic (exact) mass is 504 g/mol. The second-order valence-electron chi connectivity index (χ2n) is 9.36. The van der Waals surface area contributed by atoms with Gasteiger partial charge in [0.15, 0.2) is 11.5 Å². The topological polar surface area (TPSA) is 67.9 Å². The van der Waals surface area contributed by atoms with E-state index < -0.39 is 6.04 Å². The molecule has 2 atom stereocenters. The van der Waals surface area contributed by atoms with Gasteiger partial charge in [-0.3, -0.25) is 9.59 Å². The van der Waals surface area contributed by atoms with E-state index in [9.17, 15) is 14.0 Å². The van der Waals surface area contributed by atoms with E-state index in [4.69, 9.17) is 9.47 Å². The molecule has 1 aliphatic heterocycles. The zero-order chi connectivity index (χ0) is 26.2. The quantitative estimate of drug-likeness (QED) is 0.397. The molecule has 0 bridgehead atoms. The van der Waals surface area contributed by atoms with Crippen LogP contribution < -0.4 is 14.8 Å². The fraction of sp³-hybridized carbons (Fsp3) is 0.333. The second kappa shape index (κ2) is 12.4. The molecule has 1 heterocycles. The summed E-state index contributed by atoms with van der Waals surface area (Å²) < 4.78 is 24.4. The lowest BCUT2D eigenvalue weighted by Crippen LogP contribution is -2.52. The van der Waals surface area contributed by atoms with Crippen LogP contribution in [0.1, 0.15) is 43.4 Å². The average Bonchev–Trinajstić information content (AvgIpc) is 3.39. The Balaban J connectivity index is 1.59. The van der Waals surface area contributed by atoms with Crippen LogP contribution in [0, 0.1) is 5.82 Å². The van der Waals surface area contributed by atoms with Crippen molar-refractivity contribution in [2.75, 3.05) is 6.79 Å². The summed E-state index contributed by atoms with van der Waals surface area (Å²) >= 11 is 0. The van der Waals surface area contributed by atoms with Gasteiger partial charge in [-0.1, -0.05) is 55.5 Å². The Morgan fingerprint density at radius 2 is 1.65 bits per heavy atom. The van der Waals surface area contributed by atoms with Crippen molar-refractivity contribution in [3.05, 3.63) is 95.3 Å². The van der Waals surface area contributed by atoms with Gasteiger partial charge in [0.1, 0.15) is 11.9 Å². The third kappa shape index (κ3) is 7.09. The summed E-state index contributed by atoms with van der Waals surface area (Å²) in [7, 11) is 0. The number of carbonyl (C=O) groups excluding carboxylic acids is 2. The lowest BCUT2D eigenvalue weighted by Gasteiger charge is -2.32. The van der Waals surface area contributed by atoms with Crippen LogP contribution in [-0.4, -0.2) is 35.6 Å². The first-order valence-electron chi connectivity index (χ1n) is 12.7. The van der Waals surface area contributed by atoms with Crippen molar-refractivity contribution < 1.29 is 23.5 Å². The predicted octanol–water partition coefficient (Wildman–Crippen LogP) is 5.04. The summed E-state index contributed by atoms with van der Waals surface area (Å²) in [6.07, 6.45) is 1.85. The number of rotatable bonds is 11. The van der Waals surface area contributed by atoms with Gasteiger partial charge in [-0.05, 0) is 60.7 Å². The molecular formula is C30H33FN2O4. The number of carbonyl (C=O) groups is 2. The zero-order valence-electron chi connectivity index (χ0n) is 21.3. The average molecular weight is 505 g/mol. The molecule has 0 aromatic heterocycles. The summed E-state index contributed by atoms with van der Waals surface area (Å²) in [4.78, 5) is 28.9. The third-order valence-electron chi connectivity index (χ3n) is 6.60. The van der Waals surface area contributed by atoms with Crippen LogP contribution in [0.15, 0.2) is 72.8 Å². The van der Waals surface area contributed by atoms with Crippen LogP contribution in [0.4, 0.5) is 4.39 Å². The molecule has 0 saturated carbocycles. The van der Waals surface area contributed by atoms with Gasteiger partial charge in [0.2, 0.25) is 18.6 Å². The van der Waals surface area contributed by atoms with Crippen LogP contribution >= 0.6 is 0 Å². The summed E-state index contributed by atoms with van der Waals surface area (Å²) in [6.45, 7) is 4.34. The van der Waals surface area contributed by atoms with E-state index >= 15 is 0 Å². The number of nitrogens with zero attached hydrogens (tertiary/aromatic N) is 1. The van der Waals surface area contributed by atoms with Gasteiger partial charge in [-0.2, -0.15) is 0 Å². The van der Waals surface area contributed by atoms with E-state index in [1.54, 1.807) is 17.0 Å². The van der Waals surface area contributed by atoms with Gasteiger partial charge in [0.25, 0.3) is 0 Å². The molecular weight excluding hydrogens is 471 g/mol. The predicted molar refractivity (Wildman–Crippen MR) is 140 cm³/mol. The number of amides is 2. The Morgan fingerprint density at radius 1 is 0.946 bits per heavy atom. The molecule has 6 nitrogen and oxygen atoms in total. The van der Waals surface area contributed by atoms with E-state index in [0.717, 1.165) is 23.1 Å². The molecule has 0 spiro atoms. The maximum absolute atomic E-state index is 13.7. The SMILES string of the molecule is CC[C@H](C)NC(=O)[C@@H](Cc1ccccc1)N(Cc1ccc(F)cc1)C(=O)CCc1ccc2c(c1)OCO2. The number of ether oxygens (including phenoxy) is 2. The van der Waals surface area contributed by atoms with Crippen LogP contribution in [0.25, 0.3) is 0 Å².